The number of hydrogen-bond donors (Lipinski definition) is 0. The lowest BCUT2D eigenvalue weighted by Crippen LogP contribution is -1.93. The van der Waals surface area contributed by atoms with E-state index in [1.54, 1.807) is 24.3 Å². The predicted molar refractivity (Wildman–Crippen MR) is 61.6 cm³/mol. The van der Waals surface area contributed by atoms with Crippen LogP contribution >= 0.6 is 0 Å². The van der Waals surface area contributed by atoms with Gasteiger partial charge in [0.25, 0.3) is 0 Å². The highest BCUT2D eigenvalue weighted by atomic mass is 19.1. The van der Waals surface area contributed by atoms with Crippen LogP contribution in [0.1, 0.15) is 10.4 Å². The average molecular weight is 231 g/mol. The summed E-state index contributed by atoms with van der Waals surface area (Å²) in [4.78, 5) is 14.5. The van der Waals surface area contributed by atoms with Crippen LogP contribution in [0, 0.1) is 5.82 Å². The van der Waals surface area contributed by atoms with E-state index < -0.39 is 5.82 Å². The van der Waals surface area contributed by atoms with Gasteiger partial charge in [0, 0.05) is 17.3 Å². The highest BCUT2D eigenvalue weighted by molar-refractivity contribution is 5.78. The quantitative estimate of drug-likeness (QED) is 0.762. The van der Waals surface area contributed by atoms with E-state index in [1.165, 1.54) is 19.4 Å². The highest BCUT2D eigenvalue weighted by Gasteiger charge is 2.06. The minimum absolute atomic E-state index is 0.0414. The van der Waals surface area contributed by atoms with Crippen LogP contribution in [0.5, 0.6) is 5.88 Å². The number of carbonyl (C=O) groups is 1. The van der Waals surface area contributed by atoms with Gasteiger partial charge in [-0.3, -0.25) is 4.79 Å². The number of hydrogen-bond acceptors (Lipinski definition) is 3. The number of ether oxygens (including phenoxy) is 1. The van der Waals surface area contributed by atoms with E-state index in [0.29, 0.717) is 11.1 Å². The molecule has 0 bridgehead atoms. The maximum absolute atomic E-state index is 13.5. The zero-order valence-corrected chi connectivity index (χ0v) is 9.18. The van der Waals surface area contributed by atoms with Gasteiger partial charge in [-0.25, -0.2) is 9.37 Å². The van der Waals surface area contributed by atoms with E-state index in [-0.39, 0.29) is 5.88 Å². The van der Waals surface area contributed by atoms with E-state index in [9.17, 15) is 9.18 Å². The van der Waals surface area contributed by atoms with Crippen LogP contribution in [0.3, 0.4) is 0 Å². The Kier molecular flexibility index (Phi) is 3.14. The van der Waals surface area contributed by atoms with Crippen molar-refractivity contribution in [2.45, 2.75) is 0 Å². The third kappa shape index (κ3) is 2.30. The Labute approximate surface area is 97.9 Å². The molecule has 0 aliphatic carbocycles. The Hall–Kier alpha value is -2.23. The van der Waals surface area contributed by atoms with E-state index >= 15 is 0 Å². The van der Waals surface area contributed by atoms with Crippen molar-refractivity contribution in [2.24, 2.45) is 0 Å². The molecule has 0 atom stereocenters. The van der Waals surface area contributed by atoms with Crippen molar-refractivity contribution >= 4 is 6.29 Å². The molecule has 0 N–H and O–H groups in total. The standard InChI is InChI=1S/C13H10FNO2/c1-17-13-12(14)6-11(7-15-13)10-4-2-3-9(5-10)8-16/h2-8H,1H3. The van der Waals surface area contributed by atoms with Crippen LogP contribution in [0.15, 0.2) is 36.5 Å². The molecule has 0 spiro atoms. The molecule has 3 nitrogen and oxygen atoms in total. The molecule has 1 aromatic heterocycles. The first kappa shape index (κ1) is 11.3. The molecule has 0 aliphatic heterocycles. The first-order valence-corrected chi connectivity index (χ1v) is 4.99. The van der Waals surface area contributed by atoms with E-state index in [4.69, 9.17) is 4.74 Å². The van der Waals surface area contributed by atoms with Crippen LogP contribution in [-0.2, 0) is 0 Å². The molecule has 2 aromatic rings. The Morgan fingerprint density at radius 2 is 2.12 bits per heavy atom. The van der Waals surface area contributed by atoms with Gasteiger partial charge < -0.3 is 4.74 Å². The van der Waals surface area contributed by atoms with Crippen molar-refractivity contribution in [3.05, 3.63) is 47.9 Å². The third-order valence-electron chi connectivity index (χ3n) is 2.36. The van der Waals surface area contributed by atoms with E-state index in [2.05, 4.69) is 4.98 Å². The maximum Gasteiger partial charge on any atom is 0.250 e. The zero-order valence-electron chi connectivity index (χ0n) is 9.18. The summed E-state index contributed by atoms with van der Waals surface area (Å²) in [5.41, 5.74) is 1.88. The zero-order chi connectivity index (χ0) is 12.3. The summed E-state index contributed by atoms with van der Waals surface area (Å²) in [6.45, 7) is 0. The number of nitrogens with zero attached hydrogens (tertiary/aromatic N) is 1. The number of methoxy groups -OCH3 is 1. The lowest BCUT2D eigenvalue weighted by atomic mass is 10.1. The molecule has 0 amide bonds. The number of aromatic nitrogens is 1. The molecule has 0 saturated heterocycles. The molecule has 17 heavy (non-hydrogen) atoms. The second kappa shape index (κ2) is 4.74. The van der Waals surface area contributed by atoms with Gasteiger partial charge in [0.2, 0.25) is 5.88 Å². The summed E-state index contributed by atoms with van der Waals surface area (Å²) in [6.07, 6.45) is 2.25. The largest absolute Gasteiger partial charge is 0.479 e. The lowest BCUT2D eigenvalue weighted by Gasteiger charge is -2.04. The minimum atomic E-state index is -0.526. The molecule has 0 fully saturated rings. The van der Waals surface area contributed by atoms with Crippen molar-refractivity contribution < 1.29 is 13.9 Å². The molecular weight excluding hydrogens is 221 g/mol. The fourth-order valence-electron chi connectivity index (χ4n) is 1.52. The molecule has 0 radical (unpaired) electrons. The van der Waals surface area contributed by atoms with Gasteiger partial charge in [0.05, 0.1) is 7.11 Å². The molecule has 0 saturated carbocycles. The number of carbonyl (C=O) groups excluding carboxylic acids is 1. The van der Waals surface area contributed by atoms with Gasteiger partial charge in [-0.2, -0.15) is 0 Å². The van der Waals surface area contributed by atoms with Gasteiger partial charge in [0.15, 0.2) is 5.82 Å². The summed E-state index contributed by atoms with van der Waals surface area (Å²) in [6, 6.07) is 8.21. The molecule has 4 heteroatoms. The van der Waals surface area contributed by atoms with E-state index in [0.717, 1.165) is 11.8 Å². The third-order valence-corrected chi connectivity index (χ3v) is 2.36. The van der Waals surface area contributed by atoms with Gasteiger partial charge >= 0.3 is 0 Å². The predicted octanol–water partition coefficient (Wildman–Crippen LogP) is 2.71. The van der Waals surface area contributed by atoms with Crippen LogP contribution in [0.25, 0.3) is 11.1 Å². The van der Waals surface area contributed by atoms with Gasteiger partial charge in [-0.1, -0.05) is 18.2 Å². The molecule has 0 aliphatic rings. The summed E-state index contributed by atoms with van der Waals surface area (Å²) < 4.78 is 18.2. The Bertz CT molecular complexity index is 555. The summed E-state index contributed by atoms with van der Waals surface area (Å²) in [5, 5.41) is 0. The molecule has 1 heterocycles. The number of benzene rings is 1. The minimum Gasteiger partial charge on any atom is -0.479 e. The summed E-state index contributed by atoms with van der Waals surface area (Å²) in [5.74, 6) is -0.568. The van der Waals surface area contributed by atoms with Crippen molar-refractivity contribution in [1.82, 2.24) is 4.98 Å². The molecule has 0 unspecified atom stereocenters. The van der Waals surface area contributed by atoms with Gasteiger partial charge in [-0.15, -0.1) is 0 Å². The molecule has 86 valence electrons. The average Bonchev–Trinajstić information content (AvgIpc) is 2.38. The van der Waals surface area contributed by atoms with Crippen LogP contribution in [-0.4, -0.2) is 18.4 Å². The lowest BCUT2D eigenvalue weighted by molar-refractivity contribution is 0.112. The molecule has 1 aromatic carbocycles. The van der Waals surface area contributed by atoms with Crippen molar-refractivity contribution in [3.63, 3.8) is 0 Å². The van der Waals surface area contributed by atoms with Crippen LogP contribution in [0.4, 0.5) is 4.39 Å². The van der Waals surface area contributed by atoms with Crippen molar-refractivity contribution in [3.8, 4) is 17.0 Å². The maximum atomic E-state index is 13.5. The molecular formula is C13H10FNO2. The number of halogens is 1. The fourth-order valence-corrected chi connectivity index (χ4v) is 1.52. The SMILES string of the molecule is COc1ncc(-c2cccc(C=O)c2)cc1F. The Morgan fingerprint density at radius 1 is 1.29 bits per heavy atom. The first-order valence-electron chi connectivity index (χ1n) is 4.99. The Balaban J connectivity index is 2.45. The summed E-state index contributed by atoms with van der Waals surface area (Å²) in [7, 11) is 1.36. The Morgan fingerprint density at radius 3 is 2.76 bits per heavy atom. The summed E-state index contributed by atoms with van der Waals surface area (Å²) >= 11 is 0. The molecule has 2 rings (SSSR count). The van der Waals surface area contributed by atoms with Crippen molar-refractivity contribution in [2.75, 3.05) is 7.11 Å². The number of pyridine rings is 1. The fraction of sp³-hybridized carbons (Fsp3) is 0.0769. The van der Waals surface area contributed by atoms with Gasteiger partial charge in [-0.05, 0) is 17.7 Å². The normalized spacial score (nSPS) is 10.0. The van der Waals surface area contributed by atoms with Gasteiger partial charge in [0.1, 0.15) is 6.29 Å². The second-order valence-corrected chi connectivity index (χ2v) is 3.46. The van der Waals surface area contributed by atoms with E-state index in [1.807, 2.05) is 0 Å². The smallest absolute Gasteiger partial charge is 0.250 e. The second-order valence-electron chi connectivity index (χ2n) is 3.46. The topological polar surface area (TPSA) is 39.2 Å². The van der Waals surface area contributed by atoms with Crippen LogP contribution in [0.2, 0.25) is 0 Å². The van der Waals surface area contributed by atoms with Crippen LogP contribution < -0.4 is 4.74 Å². The first-order chi connectivity index (χ1) is 8.24. The number of rotatable bonds is 3. The highest BCUT2D eigenvalue weighted by Crippen LogP contribution is 2.23. The van der Waals surface area contributed by atoms with Crippen molar-refractivity contribution in [1.29, 1.82) is 0 Å². The monoisotopic (exact) mass is 231 g/mol. The number of aldehydes is 1.